The zero-order valence-electron chi connectivity index (χ0n) is 17.7. The van der Waals surface area contributed by atoms with Crippen LogP contribution in [-0.4, -0.2) is 0 Å². The highest BCUT2D eigenvalue weighted by atomic mass is 19.2. The van der Waals surface area contributed by atoms with E-state index in [-0.39, 0.29) is 17.5 Å². The molecule has 5 heteroatoms. The van der Waals surface area contributed by atoms with Gasteiger partial charge < -0.3 is 0 Å². The molecule has 33 heavy (non-hydrogen) atoms. The van der Waals surface area contributed by atoms with Gasteiger partial charge in [-0.2, -0.15) is 0 Å². The quantitative estimate of drug-likeness (QED) is 0.210. The number of hydrogen-bond donors (Lipinski definition) is 0. The first kappa shape index (κ1) is 22.5. The van der Waals surface area contributed by atoms with Gasteiger partial charge in [-0.05, 0) is 51.9 Å². The van der Waals surface area contributed by atoms with Gasteiger partial charge in [-0.15, -0.1) is 0 Å². The maximum absolute atomic E-state index is 13.9. The molecular weight excluding hydrogens is 431 g/mol. The maximum atomic E-state index is 13.9. The van der Waals surface area contributed by atoms with Gasteiger partial charge in [0.15, 0.2) is 23.3 Å². The van der Waals surface area contributed by atoms with Crippen molar-refractivity contribution in [3.05, 3.63) is 114 Å². The van der Waals surface area contributed by atoms with E-state index in [1.54, 1.807) is 43.3 Å². The van der Waals surface area contributed by atoms with Crippen LogP contribution in [0, 0.1) is 17.5 Å². The van der Waals surface area contributed by atoms with Crippen LogP contribution in [0.2, 0.25) is 0 Å². The number of benzene rings is 4. The SMILES string of the molecule is CCC(F)=C(F)c1ccc(-c2ccc(-c3ccc(-c4cc(F)c(F)c(F)c4)cc3)cc2)cc1. The summed E-state index contributed by atoms with van der Waals surface area (Å²) in [5.74, 6) is -5.56. The van der Waals surface area contributed by atoms with Crippen LogP contribution in [0.25, 0.3) is 39.2 Å². The third kappa shape index (κ3) is 4.72. The molecule has 0 aromatic heterocycles. The summed E-state index contributed by atoms with van der Waals surface area (Å²) < 4.78 is 67.6. The van der Waals surface area contributed by atoms with Gasteiger partial charge in [0.2, 0.25) is 0 Å². The normalized spacial score (nSPS) is 11.9. The Morgan fingerprint density at radius 1 is 0.545 bits per heavy atom. The highest BCUT2D eigenvalue weighted by molar-refractivity contribution is 5.74. The fraction of sp³-hybridized carbons (Fsp3) is 0.0714. The van der Waals surface area contributed by atoms with Crippen LogP contribution in [0.4, 0.5) is 22.0 Å². The van der Waals surface area contributed by atoms with Crippen molar-refractivity contribution in [1.82, 2.24) is 0 Å². The molecule has 0 aliphatic heterocycles. The van der Waals surface area contributed by atoms with Gasteiger partial charge in [-0.1, -0.05) is 79.7 Å². The van der Waals surface area contributed by atoms with Gasteiger partial charge in [0.05, 0.1) is 0 Å². The molecule has 166 valence electrons. The van der Waals surface area contributed by atoms with Crippen molar-refractivity contribution in [2.75, 3.05) is 0 Å². The number of halogens is 5. The Balaban J connectivity index is 1.54. The van der Waals surface area contributed by atoms with Crippen molar-refractivity contribution in [2.45, 2.75) is 13.3 Å². The lowest BCUT2D eigenvalue weighted by Gasteiger charge is -2.08. The highest BCUT2D eigenvalue weighted by Crippen LogP contribution is 2.30. The molecule has 0 N–H and O–H groups in total. The lowest BCUT2D eigenvalue weighted by atomic mass is 9.97. The van der Waals surface area contributed by atoms with Crippen LogP contribution in [0.1, 0.15) is 18.9 Å². The van der Waals surface area contributed by atoms with Crippen molar-refractivity contribution >= 4 is 5.83 Å². The van der Waals surface area contributed by atoms with Gasteiger partial charge in [0, 0.05) is 5.56 Å². The second kappa shape index (κ2) is 9.41. The first-order chi connectivity index (χ1) is 15.9. The molecule has 0 amide bonds. The predicted octanol–water partition coefficient (Wildman–Crippen LogP) is 9.12. The number of hydrogen-bond acceptors (Lipinski definition) is 0. The lowest BCUT2D eigenvalue weighted by molar-refractivity contribution is 0.448. The standard InChI is InChI=1S/C28H19F5/c1-2-24(29)27(32)22-13-11-20(12-14-22)18-5-3-17(4-6-18)19-7-9-21(10-8-19)23-15-25(30)28(33)26(31)16-23/h3-16H,2H2,1H3. The van der Waals surface area contributed by atoms with E-state index in [1.165, 1.54) is 0 Å². The summed E-state index contributed by atoms with van der Waals surface area (Å²) in [7, 11) is 0. The summed E-state index contributed by atoms with van der Waals surface area (Å²) in [5.41, 5.74) is 4.63. The third-order valence-electron chi connectivity index (χ3n) is 5.44. The minimum atomic E-state index is -1.49. The zero-order valence-corrected chi connectivity index (χ0v) is 17.7. The Hall–Kier alpha value is -3.73. The Morgan fingerprint density at radius 2 is 0.879 bits per heavy atom. The smallest absolute Gasteiger partial charge is 0.194 e. The average Bonchev–Trinajstić information content (AvgIpc) is 2.86. The summed E-state index contributed by atoms with van der Waals surface area (Å²) >= 11 is 0. The van der Waals surface area contributed by atoms with E-state index in [9.17, 15) is 22.0 Å². The van der Waals surface area contributed by atoms with Crippen molar-refractivity contribution < 1.29 is 22.0 Å². The van der Waals surface area contributed by atoms with Crippen molar-refractivity contribution in [3.8, 4) is 33.4 Å². The second-order valence-corrected chi connectivity index (χ2v) is 7.56. The summed E-state index contributed by atoms with van der Waals surface area (Å²) in [6.07, 6.45) is 0.00764. The van der Waals surface area contributed by atoms with E-state index in [0.29, 0.717) is 5.56 Å². The van der Waals surface area contributed by atoms with Gasteiger partial charge in [-0.25, -0.2) is 22.0 Å². The Bertz CT molecular complexity index is 1280. The van der Waals surface area contributed by atoms with Gasteiger partial charge in [0.25, 0.3) is 0 Å². The topological polar surface area (TPSA) is 0 Å². The molecule has 0 atom stereocenters. The van der Waals surface area contributed by atoms with Gasteiger partial charge in [-0.3, -0.25) is 0 Å². The molecule has 0 aliphatic carbocycles. The fourth-order valence-corrected chi connectivity index (χ4v) is 3.55. The minimum absolute atomic E-state index is 0.00764. The molecule has 4 aromatic carbocycles. The van der Waals surface area contributed by atoms with Crippen molar-refractivity contribution in [2.24, 2.45) is 0 Å². The van der Waals surface area contributed by atoms with Crippen LogP contribution in [-0.2, 0) is 0 Å². The molecule has 4 rings (SSSR count). The molecule has 0 heterocycles. The second-order valence-electron chi connectivity index (χ2n) is 7.56. The summed E-state index contributed by atoms with van der Waals surface area (Å²) in [5, 5.41) is 0. The summed E-state index contributed by atoms with van der Waals surface area (Å²) in [6, 6.07) is 23.2. The Morgan fingerprint density at radius 3 is 1.24 bits per heavy atom. The molecular formula is C28H19F5. The number of rotatable bonds is 5. The van der Waals surface area contributed by atoms with Crippen molar-refractivity contribution in [1.29, 1.82) is 0 Å². The summed E-state index contributed by atoms with van der Waals surface area (Å²) in [6.45, 7) is 1.56. The molecule has 0 spiro atoms. The molecule has 0 radical (unpaired) electrons. The van der Waals surface area contributed by atoms with Crippen LogP contribution >= 0.6 is 0 Å². The first-order valence-corrected chi connectivity index (χ1v) is 10.4. The molecule has 0 fully saturated rings. The number of allylic oxidation sites excluding steroid dienone is 1. The Kier molecular flexibility index (Phi) is 6.40. The van der Waals surface area contributed by atoms with E-state index in [1.807, 2.05) is 36.4 Å². The van der Waals surface area contributed by atoms with E-state index >= 15 is 0 Å². The molecule has 0 nitrogen and oxygen atoms in total. The van der Waals surface area contributed by atoms with Crippen molar-refractivity contribution in [3.63, 3.8) is 0 Å². The predicted molar refractivity (Wildman–Crippen MR) is 122 cm³/mol. The molecule has 0 bridgehead atoms. The van der Waals surface area contributed by atoms with Crippen LogP contribution in [0.15, 0.2) is 90.8 Å². The first-order valence-electron chi connectivity index (χ1n) is 10.4. The van der Waals surface area contributed by atoms with Crippen LogP contribution in [0.5, 0.6) is 0 Å². The van der Waals surface area contributed by atoms with Gasteiger partial charge in [0.1, 0.15) is 5.83 Å². The largest absolute Gasteiger partial charge is 0.209 e. The molecule has 4 aromatic rings. The zero-order chi connectivity index (χ0) is 23.5. The average molecular weight is 450 g/mol. The fourth-order valence-electron chi connectivity index (χ4n) is 3.55. The Labute approximate surface area is 188 Å². The monoisotopic (exact) mass is 450 g/mol. The lowest BCUT2D eigenvalue weighted by Crippen LogP contribution is -1.91. The third-order valence-corrected chi connectivity index (χ3v) is 5.44. The van der Waals surface area contributed by atoms with E-state index in [4.69, 9.17) is 0 Å². The molecule has 0 aliphatic rings. The molecule has 0 saturated heterocycles. The molecule has 0 saturated carbocycles. The summed E-state index contributed by atoms with van der Waals surface area (Å²) in [4.78, 5) is 0. The van der Waals surface area contributed by atoms with Gasteiger partial charge >= 0.3 is 0 Å². The van der Waals surface area contributed by atoms with Crippen LogP contribution < -0.4 is 0 Å². The minimum Gasteiger partial charge on any atom is -0.209 e. The molecule has 0 unspecified atom stereocenters. The van der Waals surface area contributed by atoms with E-state index in [2.05, 4.69) is 0 Å². The van der Waals surface area contributed by atoms with E-state index < -0.39 is 29.1 Å². The maximum Gasteiger partial charge on any atom is 0.194 e. The van der Waals surface area contributed by atoms with E-state index in [0.717, 1.165) is 34.4 Å². The highest BCUT2D eigenvalue weighted by Gasteiger charge is 2.12. The van der Waals surface area contributed by atoms with Crippen LogP contribution in [0.3, 0.4) is 0 Å².